The highest BCUT2D eigenvalue weighted by molar-refractivity contribution is 5.85. The van der Waals surface area contributed by atoms with E-state index in [1.165, 1.54) is 5.39 Å². The van der Waals surface area contributed by atoms with Gasteiger partial charge in [0.15, 0.2) is 12.7 Å². The maximum absolute atomic E-state index is 8.96. The Morgan fingerprint density at radius 2 is 2.00 bits per heavy atom. The average Bonchev–Trinajstić information content (AvgIpc) is 2.30. The zero-order valence-electron chi connectivity index (χ0n) is 8.94. The van der Waals surface area contributed by atoms with E-state index in [-0.39, 0.29) is 19.0 Å². The quantitative estimate of drug-likeness (QED) is 0.662. The number of rotatable bonds is 3. The molecule has 2 aromatic rings. The fourth-order valence-corrected chi connectivity index (χ4v) is 1.79. The van der Waals surface area contributed by atoms with Crippen molar-refractivity contribution in [2.24, 2.45) is 0 Å². The number of fused-ring (bicyclic) bond motifs is 1. The molecule has 2 rings (SSSR count). The van der Waals surface area contributed by atoms with Gasteiger partial charge in [-0.05, 0) is 11.6 Å². The third kappa shape index (κ3) is 2.23. The number of nitrogens with zero attached hydrogens (tertiary/aromatic N) is 1. The average molecular weight is 236 g/mol. The molecule has 84 valence electrons. The molecule has 0 aliphatic carbocycles. The van der Waals surface area contributed by atoms with Crippen molar-refractivity contribution >= 4 is 17.0 Å². The summed E-state index contributed by atoms with van der Waals surface area (Å²) in [5.74, 6) is 0. The van der Waals surface area contributed by atoms with Crippen LogP contribution in [0.3, 0.4) is 0 Å². The molecule has 1 aromatic heterocycles. The smallest absolute Gasteiger partial charge is 0.213 e. The minimum atomic E-state index is 0. The predicted octanol–water partition coefficient (Wildman–Crippen LogP) is -1.23. The standard InChI is InChI=1S/C13H14NO.ClH/c1-2-11-7-8-14(9-10-15)13-6-4-3-5-12(11)13;/h2-8,15H,1,9-10H2;1H/q+1;/p-1. The Labute approximate surface area is 101 Å². The number of aliphatic hydroxyl groups excluding tert-OH is 1. The fourth-order valence-electron chi connectivity index (χ4n) is 1.79. The molecule has 0 radical (unpaired) electrons. The van der Waals surface area contributed by atoms with Gasteiger partial charge in [-0.15, -0.1) is 0 Å². The molecule has 0 unspecified atom stereocenters. The summed E-state index contributed by atoms with van der Waals surface area (Å²) in [7, 11) is 0. The number of aromatic nitrogens is 1. The van der Waals surface area contributed by atoms with Crippen LogP contribution in [0.5, 0.6) is 0 Å². The van der Waals surface area contributed by atoms with Gasteiger partial charge in [0.2, 0.25) is 5.52 Å². The second-order valence-corrected chi connectivity index (χ2v) is 3.41. The highest BCUT2D eigenvalue weighted by atomic mass is 35.5. The molecular formula is C13H14ClNO. The fraction of sp³-hybridized carbons (Fsp3) is 0.154. The van der Waals surface area contributed by atoms with Crippen molar-refractivity contribution in [1.82, 2.24) is 0 Å². The lowest BCUT2D eigenvalue weighted by molar-refractivity contribution is -0.672. The van der Waals surface area contributed by atoms with Crippen LogP contribution < -0.4 is 17.0 Å². The van der Waals surface area contributed by atoms with Gasteiger partial charge in [-0.25, -0.2) is 0 Å². The van der Waals surface area contributed by atoms with Crippen molar-refractivity contribution in [1.29, 1.82) is 0 Å². The van der Waals surface area contributed by atoms with Crippen LogP contribution in [0.1, 0.15) is 5.56 Å². The van der Waals surface area contributed by atoms with Crippen LogP contribution in [0.15, 0.2) is 43.1 Å². The van der Waals surface area contributed by atoms with Gasteiger partial charge in [0, 0.05) is 12.1 Å². The molecule has 1 aromatic carbocycles. The van der Waals surface area contributed by atoms with Crippen molar-refractivity contribution in [2.75, 3.05) is 6.61 Å². The minimum absolute atomic E-state index is 0. The van der Waals surface area contributed by atoms with Gasteiger partial charge in [-0.3, -0.25) is 0 Å². The number of para-hydroxylation sites is 1. The van der Waals surface area contributed by atoms with Crippen LogP contribution in [0, 0.1) is 0 Å². The first-order valence-electron chi connectivity index (χ1n) is 5.01. The van der Waals surface area contributed by atoms with Gasteiger partial charge in [-0.2, -0.15) is 4.57 Å². The summed E-state index contributed by atoms with van der Waals surface area (Å²) in [4.78, 5) is 0. The van der Waals surface area contributed by atoms with Gasteiger partial charge in [0.05, 0.1) is 5.39 Å². The topological polar surface area (TPSA) is 24.1 Å². The Balaban J connectivity index is 0.00000128. The van der Waals surface area contributed by atoms with Gasteiger partial charge in [-0.1, -0.05) is 24.8 Å². The summed E-state index contributed by atoms with van der Waals surface area (Å²) >= 11 is 0. The molecule has 0 atom stereocenters. The van der Waals surface area contributed by atoms with E-state index in [0.29, 0.717) is 6.54 Å². The van der Waals surface area contributed by atoms with Crippen LogP contribution >= 0.6 is 0 Å². The zero-order valence-corrected chi connectivity index (χ0v) is 9.69. The van der Waals surface area contributed by atoms with Crippen LogP contribution in [-0.2, 0) is 6.54 Å². The molecule has 0 bridgehead atoms. The molecule has 0 aliphatic heterocycles. The molecule has 16 heavy (non-hydrogen) atoms. The Kier molecular flexibility index (Phi) is 4.47. The number of hydrogen-bond acceptors (Lipinski definition) is 1. The summed E-state index contributed by atoms with van der Waals surface area (Å²) in [5, 5.41) is 10.1. The molecule has 1 heterocycles. The first-order valence-corrected chi connectivity index (χ1v) is 5.01. The summed E-state index contributed by atoms with van der Waals surface area (Å²) < 4.78 is 2.04. The summed E-state index contributed by atoms with van der Waals surface area (Å²) in [5.41, 5.74) is 2.25. The third-order valence-electron chi connectivity index (χ3n) is 2.52. The molecule has 0 amide bonds. The SMILES string of the molecule is C=Cc1cc[n+](CCO)c2ccccc12.[Cl-]. The van der Waals surface area contributed by atoms with E-state index in [1.54, 1.807) is 0 Å². The highest BCUT2D eigenvalue weighted by Gasteiger charge is 2.09. The monoisotopic (exact) mass is 235 g/mol. The lowest BCUT2D eigenvalue weighted by Crippen LogP contribution is -3.00. The summed E-state index contributed by atoms with van der Waals surface area (Å²) in [6.45, 7) is 4.58. The van der Waals surface area contributed by atoms with Crippen LogP contribution in [0.25, 0.3) is 17.0 Å². The first-order chi connectivity index (χ1) is 7.36. The zero-order chi connectivity index (χ0) is 10.7. The number of aliphatic hydroxyl groups is 1. The Morgan fingerprint density at radius 1 is 1.25 bits per heavy atom. The Morgan fingerprint density at radius 3 is 2.69 bits per heavy atom. The van der Waals surface area contributed by atoms with E-state index < -0.39 is 0 Å². The maximum Gasteiger partial charge on any atom is 0.213 e. The lowest BCUT2D eigenvalue weighted by atomic mass is 10.1. The number of hydrogen-bond donors (Lipinski definition) is 1. The van der Waals surface area contributed by atoms with Gasteiger partial charge in [0.1, 0.15) is 6.61 Å². The molecular weight excluding hydrogens is 222 g/mol. The number of benzene rings is 1. The van der Waals surface area contributed by atoms with Crippen molar-refractivity contribution in [3.05, 3.63) is 48.7 Å². The number of halogens is 1. The van der Waals surface area contributed by atoms with Gasteiger partial charge < -0.3 is 17.5 Å². The molecule has 0 spiro atoms. The van der Waals surface area contributed by atoms with Crippen molar-refractivity contribution in [3.63, 3.8) is 0 Å². The van der Waals surface area contributed by atoms with E-state index in [1.807, 2.05) is 35.0 Å². The highest BCUT2D eigenvalue weighted by Crippen LogP contribution is 2.15. The lowest BCUT2D eigenvalue weighted by Gasteiger charge is -2.02. The Bertz CT molecular complexity index is 496. The largest absolute Gasteiger partial charge is 1.00 e. The summed E-state index contributed by atoms with van der Waals surface area (Å²) in [6, 6.07) is 10.2. The molecule has 0 saturated heterocycles. The first kappa shape index (κ1) is 12.7. The molecule has 3 heteroatoms. The van der Waals surface area contributed by atoms with Gasteiger partial charge >= 0.3 is 0 Å². The normalized spacial score (nSPS) is 9.81. The van der Waals surface area contributed by atoms with Crippen LogP contribution in [-0.4, -0.2) is 11.7 Å². The second kappa shape index (κ2) is 5.64. The molecule has 0 saturated carbocycles. The van der Waals surface area contributed by atoms with Crippen molar-refractivity contribution in [3.8, 4) is 0 Å². The maximum atomic E-state index is 8.96. The Hall–Kier alpha value is -1.38. The number of pyridine rings is 1. The molecule has 1 N–H and O–H groups in total. The van der Waals surface area contributed by atoms with E-state index in [9.17, 15) is 0 Å². The van der Waals surface area contributed by atoms with Crippen LogP contribution in [0.2, 0.25) is 0 Å². The molecule has 0 aliphatic rings. The molecule has 2 nitrogen and oxygen atoms in total. The van der Waals surface area contributed by atoms with Crippen molar-refractivity contribution in [2.45, 2.75) is 6.54 Å². The van der Waals surface area contributed by atoms with E-state index >= 15 is 0 Å². The van der Waals surface area contributed by atoms with E-state index in [2.05, 4.69) is 18.7 Å². The minimum Gasteiger partial charge on any atom is -1.00 e. The van der Waals surface area contributed by atoms with Crippen LogP contribution in [0.4, 0.5) is 0 Å². The van der Waals surface area contributed by atoms with Gasteiger partial charge in [0.25, 0.3) is 0 Å². The second-order valence-electron chi connectivity index (χ2n) is 3.41. The molecule has 0 fully saturated rings. The van der Waals surface area contributed by atoms with E-state index in [0.717, 1.165) is 11.1 Å². The third-order valence-corrected chi connectivity index (χ3v) is 2.52. The van der Waals surface area contributed by atoms with E-state index in [4.69, 9.17) is 5.11 Å². The summed E-state index contributed by atoms with van der Waals surface area (Å²) in [6.07, 6.45) is 3.83. The van der Waals surface area contributed by atoms with Crippen molar-refractivity contribution < 1.29 is 22.1 Å². The predicted molar refractivity (Wildman–Crippen MR) is 61.3 cm³/mol.